The summed E-state index contributed by atoms with van der Waals surface area (Å²) in [6, 6.07) is 32.2. The molecule has 4 aromatic carbocycles. The number of hydrogen-bond donors (Lipinski definition) is 3. The van der Waals surface area contributed by atoms with Gasteiger partial charge in [-0.3, -0.25) is 0 Å². The van der Waals surface area contributed by atoms with Crippen molar-refractivity contribution in [2.75, 3.05) is 17.7 Å². The largest absolute Gasteiger partial charge is 0.495 e. The summed E-state index contributed by atoms with van der Waals surface area (Å²) in [7, 11) is 1.67. The van der Waals surface area contributed by atoms with Crippen LogP contribution in [0.25, 0.3) is 11.1 Å². The fourth-order valence-electron chi connectivity index (χ4n) is 3.33. The minimum absolute atomic E-state index is 0.0104. The molecule has 30 heavy (non-hydrogen) atoms. The van der Waals surface area contributed by atoms with Crippen molar-refractivity contribution < 1.29 is 9.84 Å². The molecule has 0 aromatic heterocycles. The molecule has 0 fully saturated rings. The molecule has 0 saturated carbocycles. The number of anilines is 4. The van der Waals surface area contributed by atoms with Gasteiger partial charge in [-0.1, -0.05) is 54.6 Å². The molecule has 0 spiro atoms. The molecule has 0 aliphatic carbocycles. The van der Waals surface area contributed by atoms with Crippen LogP contribution in [0.1, 0.15) is 5.56 Å². The highest BCUT2D eigenvalue weighted by Gasteiger charge is 2.04. The van der Waals surface area contributed by atoms with Gasteiger partial charge in [-0.05, 0) is 53.6 Å². The molecule has 0 heterocycles. The minimum Gasteiger partial charge on any atom is -0.495 e. The van der Waals surface area contributed by atoms with Crippen LogP contribution in [0.4, 0.5) is 22.7 Å². The van der Waals surface area contributed by atoms with Crippen molar-refractivity contribution in [2.45, 2.75) is 6.61 Å². The lowest BCUT2D eigenvalue weighted by molar-refractivity contribution is 0.282. The summed E-state index contributed by atoms with van der Waals surface area (Å²) in [5.41, 5.74) is 6.99. The van der Waals surface area contributed by atoms with E-state index in [-0.39, 0.29) is 6.61 Å². The van der Waals surface area contributed by atoms with E-state index < -0.39 is 0 Å². The summed E-state index contributed by atoms with van der Waals surface area (Å²) in [5, 5.41) is 16.2. The monoisotopic (exact) mass is 396 g/mol. The standard InChI is InChI=1S/C26H24N2O2/c1-30-26-9-5-4-8-25(26)28-23-16-12-20(13-17-23)19-10-14-22(15-11-19)27-24-7-3-2-6-21(24)18-29/h2-17,27-29H,18H2,1H3. The van der Waals surface area contributed by atoms with Gasteiger partial charge in [-0.15, -0.1) is 0 Å². The number of methoxy groups -OCH3 is 1. The van der Waals surface area contributed by atoms with E-state index in [0.717, 1.165) is 45.2 Å². The predicted octanol–water partition coefficient (Wildman–Crippen LogP) is 6.34. The SMILES string of the molecule is COc1ccccc1Nc1ccc(-c2ccc(Nc3ccccc3CO)cc2)cc1. The number of hydrogen-bond acceptors (Lipinski definition) is 4. The number of para-hydroxylation sites is 3. The summed E-state index contributed by atoms with van der Waals surface area (Å²) in [4.78, 5) is 0. The molecule has 0 aliphatic rings. The zero-order valence-electron chi connectivity index (χ0n) is 16.8. The van der Waals surface area contributed by atoms with Gasteiger partial charge in [0.05, 0.1) is 19.4 Å². The fraction of sp³-hybridized carbons (Fsp3) is 0.0769. The van der Waals surface area contributed by atoms with E-state index in [1.165, 1.54) is 0 Å². The highest BCUT2D eigenvalue weighted by Crippen LogP contribution is 2.29. The summed E-state index contributed by atoms with van der Waals surface area (Å²) >= 11 is 0. The first-order valence-corrected chi connectivity index (χ1v) is 9.83. The average Bonchev–Trinajstić information content (AvgIpc) is 2.81. The number of rotatable bonds is 7. The quantitative estimate of drug-likeness (QED) is 0.341. The maximum absolute atomic E-state index is 9.48. The Balaban J connectivity index is 1.47. The molecule has 4 nitrogen and oxygen atoms in total. The van der Waals surface area contributed by atoms with E-state index in [0.29, 0.717) is 0 Å². The summed E-state index contributed by atoms with van der Waals surface area (Å²) < 4.78 is 5.40. The van der Waals surface area contributed by atoms with Crippen LogP contribution in [0.3, 0.4) is 0 Å². The molecule has 0 bridgehead atoms. The Morgan fingerprint density at radius 3 is 1.70 bits per heavy atom. The van der Waals surface area contributed by atoms with Gasteiger partial charge in [0.2, 0.25) is 0 Å². The second-order valence-electron chi connectivity index (χ2n) is 6.92. The van der Waals surface area contributed by atoms with Crippen molar-refractivity contribution in [1.29, 1.82) is 0 Å². The number of benzene rings is 4. The van der Waals surface area contributed by atoms with Crippen molar-refractivity contribution >= 4 is 22.7 Å². The number of ether oxygens (including phenoxy) is 1. The number of nitrogens with one attached hydrogen (secondary N) is 2. The fourth-order valence-corrected chi connectivity index (χ4v) is 3.33. The van der Waals surface area contributed by atoms with Crippen molar-refractivity contribution in [3.05, 3.63) is 103 Å². The van der Waals surface area contributed by atoms with Crippen LogP contribution < -0.4 is 15.4 Å². The third kappa shape index (κ3) is 4.45. The molecule has 4 heteroatoms. The lowest BCUT2D eigenvalue weighted by Crippen LogP contribution is -1.95. The smallest absolute Gasteiger partial charge is 0.142 e. The van der Waals surface area contributed by atoms with E-state index in [9.17, 15) is 5.11 Å². The zero-order chi connectivity index (χ0) is 20.8. The van der Waals surface area contributed by atoms with Crippen LogP contribution in [0.15, 0.2) is 97.1 Å². The van der Waals surface area contributed by atoms with Crippen molar-refractivity contribution in [3.8, 4) is 16.9 Å². The van der Waals surface area contributed by atoms with Crippen LogP contribution in [0.5, 0.6) is 5.75 Å². The molecule has 0 aliphatic heterocycles. The minimum atomic E-state index is 0.0104. The molecule has 3 N–H and O–H groups in total. The highest BCUT2D eigenvalue weighted by atomic mass is 16.5. The summed E-state index contributed by atoms with van der Waals surface area (Å²) in [6.45, 7) is 0.0104. The van der Waals surface area contributed by atoms with Crippen LogP contribution in [-0.4, -0.2) is 12.2 Å². The van der Waals surface area contributed by atoms with E-state index in [2.05, 4.69) is 47.0 Å². The van der Waals surface area contributed by atoms with Gasteiger partial charge < -0.3 is 20.5 Å². The second kappa shape index (κ2) is 9.16. The van der Waals surface area contributed by atoms with E-state index in [1.54, 1.807) is 7.11 Å². The van der Waals surface area contributed by atoms with Gasteiger partial charge in [0.1, 0.15) is 5.75 Å². The van der Waals surface area contributed by atoms with Gasteiger partial charge in [-0.25, -0.2) is 0 Å². The third-order valence-electron chi connectivity index (χ3n) is 4.96. The Morgan fingerprint density at radius 1 is 0.633 bits per heavy atom. The van der Waals surface area contributed by atoms with Gasteiger partial charge in [0.25, 0.3) is 0 Å². The van der Waals surface area contributed by atoms with Gasteiger partial charge in [-0.2, -0.15) is 0 Å². The van der Waals surface area contributed by atoms with E-state index in [4.69, 9.17) is 4.74 Å². The molecule has 0 saturated heterocycles. The Labute approximate surface area is 176 Å². The number of aliphatic hydroxyl groups excluding tert-OH is 1. The van der Waals surface area contributed by atoms with Gasteiger partial charge >= 0.3 is 0 Å². The first kappa shape index (κ1) is 19.6. The molecule has 150 valence electrons. The second-order valence-corrected chi connectivity index (χ2v) is 6.92. The molecular weight excluding hydrogens is 372 g/mol. The lowest BCUT2D eigenvalue weighted by atomic mass is 10.0. The van der Waals surface area contributed by atoms with Crippen LogP contribution in [-0.2, 0) is 6.61 Å². The first-order valence-electron chi connectivity index (χ1n) is 9.83. The Hall–Kier alpha value is -3.76. The van der Waals surface area contributed by atoms with E-state index in [1.807, 2.05) is 60.7 Å². The molecular formula is C26H24N2O2. The summed E-state index contributed by atoms with van der Waals surface area (Å²) in [5.74, 6) is 0.812. The average molecular weight is 396 g/mol. The maximum atomic E-state index is 9.48. The van der Waals surface area contributed by atoms with Crippen LogP contribution >= 0.6 is 0 Å². The first-order chi connectivity index (χ1) is 14.8. The van der Waals surface area contributed by atoms with E-state index >= 15 is 0 Å². The molecule has 0 atom stereocenters. The van der Waals surface area contributed by atoms with Crippen molar-refractivity contribution in [1.82, 2.24) is 0 Å². The number of aliphatic hydroxyl groups is 1. The Morgan fingerprint density at radius 2 is 1.13 bits per heavy atom. The molecule has 0 radical (unpaired) electrons. The van der Waals surface area contributed by atoms with Crippen molar-refractivity contribution in [2.24, 2.45) is 0 Å². The predicted molar refractivity (Wildman–Crippen MR) is 124 cm³/mol. The zero-order valence-corrected chi connectivity index (χ0v) is 16.8. The maximum Gasteiger partial charge on any atom is 0.142 e. The molecule has 4 aromatic rings. The molecule has 4 rings (SSSR count). The topological polar surface area (TPSA) is 53.5 Å². The van der Waals surface area contributed by atoms with Gasteiger partial charge in [0.15, 0.2) is 0 Å². The molecule has 0 amide bonds. The highest BCUT2D eigenvalue weighted by molar-refractivity contribution is 5.72. The molecule has 0 unspecified atom stereocenters. The summed E-state index contributed by atoms with van der Waals surface area (Å²) in [6.07, 6.45) is 0. The van der Waals surface area contributed by atoms with Crippen LogP contribution in [0.2, 0.25) is 0 Å². The Bertz CT molecular complexity index is 1020. The van der Waals surface area contributed by atoms with Crippen LogP contribution in [0, 0.1) is 0 Å². The van der Waals surface area contributed by atoms with Gasteiger partial charge in [0, 0.05) is 22.6 Å². The normalized spacial score (nSPS) is 10.5. The Kier molecular flexibility index (Phi) is 5.97. The van der Waals surface area contributed by atoms with Crippen molar-refractivity contribution in [3.63, 3.8) is 0 Å². The third-order valence-corrected chi connectivity index (χ3v) is 4.96. The lowest BCUT2D eigenvalue weighted by Gasteiger charge is -2.12.